The Morgan fingerprint density at radius 2 is 1.37 bits per heavy atom. The third kappa shape index (κ3) is 15.4. The van der Waals surface area contributed by atoms with E-state index in [-0.39, 0.29) is 12.2 Å². The van der Waals surface area contributed by atoms with Crippen molar-refractivity contribution in [3.8, 4) is 11.8 Å². The van der Waals surface area contributed by atoms with Crippen molar-refractivity contribution >= 4 is 0 Å². The Labute approximate surface area is 119 Å². The second kappa shape index (κ2) is 13.9. The molecule has 0 spiro atoms. The fourth-order valence-electron chi connectivity index (χ4n) is 2.08. The molecule has 112 valence electrons. The van der Waals surface area contributed by atoms with Gasteiger partial charge in [-0.1, -0.05) is 26.2 Å². The van der Waals surface area contributed by atoms with E-state index in [0.717, 1.165) is 64.2 Å². The van der Waals surface area contributed by atoms with Crippen molar-refractivity contribution in [1.29, 1.82) is 0 Å². The van der Waals surface area contributed by atoms with Crippen molar-refractivity contribution in [2.45, 2.75) is 96.7 Å². The van der Waals surface area contributed by atoms with Crippen LogP contribution in [0, 0.1) is 11.8 Å². The zero-order chi connectivity index (χ0) is 14.3. The summed E-state index contributed by atoms with van der Waals surface area (Å²) in [4.78, 5) is 0. The molecule has 0 saturated heterocycles. The molecule has 0 fully saturated rings. The number of hydrogen-bond donors (Lipinski definition) is 2. The SMILES string of the molecule is CCCC(O)CCCCC#CCCCCCC(C)O. The Balaban J connectivity index is 3.22. The first-order chi connectivity index (χ1) is 9.16. The van der Waals surface area contributed by atoms with Crippen LogP contribution >= 0.6 is 0 Å². The highest BCUT2D eigenvalue weighted by Gasteiger charge is 2.00. The lowest BCUT2D eigenvalue weighted by Crippen LogP contribution is -2.04. The lowest BCUT2D eigenvalue weighted by molar-refractivity contribution is 0.150. The first kappa shape index (κ1) is 18.5. The molecule has 0 saturated carbocycles. The summed E-state index contributed by atoms with van der Waals surface area (Å²) in [6.45, 7) is 3.95. The molecular formula is C17H32O2. The quantitative estimate of drug-likeness (QED) is 0.438. The zero-order valence-electron chi connectivity index (χ0n) is 12.8. The molecule has 0 aromatic carbocycles. The van der Waals surface area contributed by atoms with Gasteiger partial charge >= 0.3 is 0 Å². The highest BCUT2D eigenvalue weighted by molar-refractivity contribution is 4.98. The van der Waals surface area contributed by atoms with Gasteiger partial charge in [-0.2, -0.15) is 0 Å². The van der Waals surface area contributed by atoms with E-state index in [2.05, 4.69) is 18.8 Å². The molecule has 19 heavy (non-hydrogen) atoms. The van der Waals surface area contributed by atoms with Gasteiger partial charge in [-0.15, -0.1) is 11.8 Å². The van der Waals surface area contributed by atoms with E-state index in [0.29, 0.717) is 0 Å². The van der Waals surface area contributed by atoms with Gasteiger partial charge in [0.25, 0.3) is 0 Å². The van der Waals surface area contributed by atoms with E-state index in [1.807, 2.05) is 6.92 Å². The molecule has 0 aromatic rings. The van der Waals surface area contributed by atoms with E-state index in [1.165, 1.54) is 6.42 Å². The van der Waals surface area contributed by atoms with Crippen LogP contribution in [0.25, 0.3) is 0 Å². The highest BCUT2D eigenvalue weighted by Crippen LogP contribution is 2.08. The molecule has 0 heterocycles. The van der Waals surface area contributed by atoms with Crippen LogP contribution in [0.15, 0.2) is 0 Å². The summed E-state index contributed by atoms with van der Waals surface area (Å²) in [5.41, 5.74) is 0. The molecule has 0 rings (SSSR count). The van der Waals surface area contributed by atoms with Crippen LogP contribution < -0.4 is 0 Å². The zero-order valence-corrected chi connectivity index (χ0v) is 12.8. The molecule has 0 aliphatic rings. The summed E-state index contributed by atoms with van der Waals surface area (Å²) in [5, 5.41) is 18.7. The maximum Gasteiger partial charge on any atom is 0.0540 e. The van der Waals surface area contributed by atoms with E-state index < -0.39 is 0 Å². The second-order valence-electron chi connectivity index (χ2n) is 5.49. The summed E-state index contributed by atoms with van der Waals surface area (Å²) in [6, 6.07) is 0. The van der Waals surface area contributed by atoms with Crippen molar-refractivity contribution in [1.82, 2.24) is 0 Å². The molecule has 2 heteroatoms. The molecule has 2 nitrogen and oxygen atoms in total. The van der Waals surface area contributed by atoms with Gasteiger partial charge in [0.1, 0.15) is 0 Å². The maximum atomic E-state index is 9.56. The van der Waals surface area contributed by atoms with Gasteiger partial charge in [-0.25, -0.2) is 0 Å². The molecular weight excluding hydrogens is 236 g/mol. The summed E-state index contributed by atoms with van der Waals surface area (Å²) < 4.78 is 0. The van der Waals surface area contributed by atoms with Crippen LogP contribution in [-0.4, -0.2) is 22.4 Å². The van der Waals surface area contributed by atoms with Gasteiger partial charge in [-0.3, -0.25) is 0 Å². The highest BCUT2D eigenvalue weighted by atomic mass is 16.3. The Hall–Kier alpha value is -0.520. The Morgan fingerprint density at radius 1 is 0.789 bits per heavy atom. The van der Waals surface area contributed by atoms with Crippen LogP contribution in [0.1, 0.15) is 84.5 Å². The van der Waals surface area contributed by atoms with E-state index in [9.17, 15) is 5.11 Å². The summed E-state index contributed by atoms with van der Waals surface area (Å²) >= 11 is 0. The third-order valence-corrected chi connectivity index (χ3v) is 3.26. The Morgan fingerprint density at radius 3 is 1.95 bits per heavy atom. The van der Waals surface area contributed by atoms with Gasteiger partial charge in [-0.05, 0) is 45.4 Å². The van der Waals surface area contributed by atoms with Crippen molar-refractivity contribution in [3.05, 3.63) is 0 Å². The fourth-order valence-corrected chi connectivity index (χ4v) is 2.08. The minimum atomic E-state index is -0.158. The van der Waals surface area contributed by atoms with Crippen molar-refractivity contribution < 1.29 is 10.2 Å². The average Bonchev–Trinajstić information content (AvgIpc) is 2.36. The van der Waals surface area contributed by atoms with Gasteiger partial charge in [0.15, 0.2) is 0 Å². The second-order valence-corrected chi connectivity index (χ2v) is 5.49. The summed E-state index contributed by atoms with van der Waals surface area (Å²) in [5.74, 6) is 6.42. The predicted octanol–water partition coefficient (Wildman–Crippen LogP) is 4.04. The normalized spacial score (nSPS) is 13.7. The van der Waals surface area contributed by atoms with E-state index >= 15 is 0 Å². The average molecular weight is 268 g/mol. The molecule has 0 aliphatic heterocycles. The topological polar surface area (TPSA) is 40.5 Å². The molecule has 0 aliphatic carbocycles. The lowest BCUT2D eigenvalue weighted by Gasteiger charge is -2.07. The van der Waals surface area contributed by atoms with Crippen LogP contribution in [0.4, 0.5) is 0 Å². The monoisotopic (exact) mass is 268 g/mol. The van der Waals surface area contributed by atoms with E-state index in [4.69, 9.17) is 5.11 Å². The lowest BCUT2D eigenvalue weighted by atomic mass is 10.1. The molecule has 0 bridgehead atoms. The Bertz CT molecular complexity index is 237. The first-order valence-electron chi connectivity index (χ1n) is 7.98. The first-order valence-corrected chi connectivity index (χ1v) is 7.98. The minimum Gasteiger partial charge on any atom is -0.393 e. The Kier molecular flexibility index (Phi) is 13.5. The van der Waals surface area contributed by atoms with E-state index in [1.54, 1.807) is 0 Å². The fraction of sp³-hybridized carbons (Fsp3) is 0.882. The molecule has 2 atom stereocenters. The number of rotatable bonds is 11. The molecule has 2 N–H and O–H groups in total. The standard InChI is InChI=1S/C17H32O2/c1-3-13-17(19)15-12-10-8-6-4-5-7-9-11-14-16(2)18/h16-19H,3,5,7-15H2,1-2H3. The number of aliphatic hydroxyl groups excluding tert-OH is 2. The maximum absolute atomic E-state index is 9.56. The van der Waals surface area contributed by atoms with Gasteiger partial charge in [0.2, 0.25) is 0 Å². The number of hydrogen-bond acceptors (Lipinski definition) is 2. The number of aliphatic hydroxyl groups is 2. The molecule has 0 amide bonds. The summed E-state index contributed by atoms with van der Waals surface area (Å²) in [6.07, 6.45) is 11.1. The molecule has 2 unspecified atom stereocenters. The van der Waals surface area contributed by atoms with Crippen molar-refractivity contribution in [2.24, 2.45) is 0 Å². The third-order valence-electron chi connectivity index (χ3n) is 3.26. The molecule has 0 aromatic heterocycles. The van der Waals surface area contributed by atoms with Gasteiger partial charge in [0, 0.05) is 12.8 Å². The predicted molar refractivity (Wildman–Crippen MR) is 81.9 cm³/mol. The van der Waals surface area contributed by atoms with Crippen molar-refractivity contribution in [3.63, 3.8) is 0 Å². The van der Waals surface area contributed by atoms with Crippen LogP contribution in [-0.2, 0) is 0 Å². The largest absolute Gasteiger partial charge is 0.393 e. The van der Waals surface area contributed by atoms with Crippen LogP contribution in [0.3, 0.4) is 0 Å². The summed E-state index contributed by atoms with van der Waals surface area (Å²) in [7, 11) is 0. The van der Waals surface area contributed by atoms with Crippen LogP contribution in [0.5, 0.6) is 0 Å². The minimum absolute atomic E-state index is 0.105. The number of unbranched alkanes of at least 4 members (excludes halogenated alkanes) is 5. The van der Waals surface area contributed by atoms with Gasteiger partial charge in [0.05, 0.1) is 12.2 Å². The molecule has 0 radical (unpaired) electrons. The van der Waals surface area contributed by atoms with Gasteiger partial charge < -0.3 is 10.2 Å². The smallest absolute Gasteiger partial charge is 0.0540 e. The van der Waals surface area contributed by atoms with Crippen molar-refractivity contribution in [2.75, 3.05) is 0 Å². The van der Waals surface area contributed by atoms with Crippen LogP contribution in [0.2, 0.25) is 0 Å².